The fourth-order valence-corrected chi connectivity index (χ4v) is 2.81. The summed E-state index contributed by atoms with van der Waals surface area (Å²) in [7, 11) is 0. The summed E-state index contributed by atoms with van der Waals surface area (Å²) in [6.45, 7) is 5.42. The highest BCUT2D eigenvalue weighted by atomic mass is 19.1. The number of anilines is 1. The Morgan fingerprint density at radius 1 is 1.32 bits per heavy atom. The van der Waals surface area contributed by atoms with Gasteiger partial charge in [0.15, 0.2) is 0 Å². The van der Waals surface area contributed by atoms with Gasteiger partial charge in [-0.1, -0.05) is 12.1 Å². The van der Waals surface area contributed by atoms with Crippen LogP contribution in [0.25, 0.3) is 0 Å². The Labute approximate surface area is 160 Å². The molecule has 2 N–H and O–H groups in total. The molecule has 1 aromatic carbocycles. The number of aromatic nitrogens is 4. The largest absolute Gasteiger partial charge is 0.480 e. The van der Waals surface area contributed by atoms with Gasteiger partial charge in [0.2, 0.25) is 0 Å². The van der Waals surface area contributed by atoms with Crippen LogP contribution in [0.4, 0.5) is 10.1 Å². The molecule has 3 aromatic rings. The van der Waals surface area contributed by atoms with E-state index in [9.17, 15) is 14.0 Å². The van der Waals surface area contributed by atoms with Gasteiger partial charge in [0, 0.05) is 6.20 Å². The summed E-state index contributed by atoms with van der Waals surface area (Å²) in [5.74, 6) is -1.78. The molecule has 1 amide bonds. The molecule has 0 aliphatic rings. The fourth-order valence-electron chi connectivity index (χ4n) is 2.81. The fraction of sp³-hybridized carbons (Fsp3) is 0.263. The smallest absolute Gasteiger partial charge is 0.328 e. The average Bonchev–Trinajstić information content (AvgIpc) is 3.22. The molecular weight excluding hydrogens is 365 g/mol. The zero-order valence-corrected chi connectivity index (χ0v) is 15.7. The first-order valence-electron chi connectivity index (χ1n) is 8.63. The van der Waals surface area contributed by atoms with E-state index in [-0.39, 0.29) is 11.4 Å². The second kappa shape index (κ2) is 7.63. The first-order chi connectivity index (χ1) is 13.3. The standard InChI is InChI=1S/C19H20FN5O3/c1-11-17(12(2)25(23-11)9-14-5-4-6-16(20)7-14)22-18(26)15-8-21-24(10-15)13(3)19(27)28/h4-8,10,13H,9H2,1-3H3,(H,22,26)(H,27,28). The maximum absolute atomic E-state index is 13.4. The minimum atomic E-state index is -1.04. The molecule has 2 heterocycles. The molecule has 3 rings (SSSR count). The van der Waals surface area contributed by atoms with Crippen LogP contribution in [-0.4, -0.2) is 36.5 Å². The van der Waals surface area contributed by atoms with Gasteiger partial charge < -0.3 is 10.4 Å². The number of carbonyl (C=O) groups is 2. The molecule has 0 spiro atoms. The SMILES string of the molecule is Cc1nn(Cc2cccc(F)c2)c(C)c1NC(=O)c1cnn(C(C)C(=O)O)c1. The van der Waals surface area contributed by atoms with E-state index in [4.69, 9.17) is 5.11 Å². The molecule has 1 atom stereocenters. The lowest BCUT2D eigenvalue weighted by Gasteiger charge is -2.07. The third-order valence-electron chi connectivity index (χ3n) is 4.46. The molecule has 0 aliphatic heterocycles. The van der Waals surface area contributed by atoms with Crippen LogP contribution in [0.5, 0.6) is 0 Å². The average molecular weight is 385 g/mol. The Morgan fingerprint density at radius 2 is 2.07 bits per heavy atom. The first-order valence-corrected chi connectivity index (χ1v) is 8.63. The number of nitrogens with one attached hydrogen (secondary N) is 1. The van der Waals surface area contributed by atoms with E-state index in [2.05, 4.69) is 15.5 Å². The van der Waals surface area contributed by atoms with E-state index in [1.807, 2.05) is 6.92 Å². The molecule has 28 heavy (non-hydrogen) atoms. The molecule has 0 saturated carbocycles. The number of hydrogen-bond donors (Lipinski definition) is 2. The minimum Gasteiger partial charge on any atom is -0.480 e. The maximum atomic E-state index is 13.4. The molecule has 0 bridgehead atoms. The molecule has 8 nitrogen and oxygen atoms in total. The van der Waals surface area contributed by atoms with Gasteiger partial charge in [0.25, 0.3) is 5.91 Å². The number of halogens is 1. The summed E-state index contributed by atoms with van der Waals surface area (Å²) in [6, 6.07) is 5.37. The van der Waals surface area contributed by atoms with Gasteiger partial charge in [-0.2, -0.15) is 10.2 Å². The zero-order chi connectivity index (χ0) is 20.4. The Kier molecular flexibility index (Phi) is 5.25. The van der Waals surface area contributed by atoms with Crippen LogP contribution in [0.2, 0.25) is 0 Å². The van der Waals surface area contributed by atoms with Crippen molar-refractivity contribution in [1.29, 1.82) is 0 Å². The second-order valence-electron chi connectivity index (χ2n) is 6.51. The number of benzene rings is 1. The van der Waals surface area contributed by atoms with Crippen LogP contribution in [-0.2, 0) is 11.3 Å². The number of rotatable bonds is 6. The second-order valence-corrected chi connectivity index (χ2v) is 6.51. The van der Waals surface area contributed by atoms with Gasteiger partial charge in [-0.3, -0.25) is 14.2 Å². The summed E-state index contributed by atoms with van der Waals surface area (Å²) in [4.78, 5) is 23.6. The molecule has 2 aromatic heterocycles. The van der Waals surface area contributed by atoms with E-state index in [1.165, 1.54) is 36.1 Å². The Morgan fingerprint density at radius 3 is 2.75 bits per heavy atom. The zero-order valence-electron chi connectivity index (χ0n) is 15.7. The van der Waals surface area contributed by atoms with E-state index >= 15 is 0 Å². The van der Waals surface area contributed by atoms with Crippen LogP contribution in [0.15, 0.2) is 36.7 Å². The summed E-state index contributed by atoms with van der Waals surface area (Å²) in [5, 5.41) is 20.2. The molecule has 0 aliphatic carbocycles. The summed E-state index contributed by atoms with van der Waals surface area (Å²) >= 11 is 0. The molecule has 0 saturated heterocycles. The van der Waals surface area contributed by atoms with Gasteiger partial charge >= 0.3 is 5.97 Å². The topological polar surface area (TPSA) is 102 Å². The van der Waals surface area contributed by atoms with Gasteiger partial charge in [0.05, 0.1) is 35.4 Å². The van der Waals surface area contributed by atoms with Crippen molar-refractivity contribution in [3.05, 3.63) is 65.0 Å². The van der Waals surface area contributed by atoms with E-state index in [0.717, 1.165) is 11.3 Å². The molecule has 0 fully saturated rings. The summed E-state index contributed by atoms with van der Waals surface area (Å²) < 4.78 is 16.3. The number of carbonyl (C=O) groups excluding carboxylic acids is 1. The lowest BCUT2D eigenvalue weighted by Crippen LogP contribution is -2.16. The van der Waals surface area contributed by atoms with Crippen LogP contribution in [0.3, 0.4) is 0 Å². The van der Waals surface area contributed by atoms with Gasteiger partial charge in [-0.25, -0.2) is 9.18 Å². The van der Waals surface area contributed by atoms with Crippen molar-refractivity contribution < 1.29 is 19.1 Å². The number of hydrogen-bond acceptors (Lipinski definition) is 4. The van der Waals surface area contributed by atoms with Crippen LogP contribution >= 0.6 is 0 Å². The Bertz CT molecular complexity index is 1040. The third-order valence-corrected chi connectivity index (χ3v) is 4.46. The van der Waals surface area contributed by atoms with Crippen molar-refractivity contribution in [2.75, 3.05) is 5.32 Å². The monoisotopic (exact) mass is 385 g/mol. The quantitative estimate of drug-likeness (QED) is 0.679. The lowest BCUT2D eigenvalue weighted by atomic mass is 10.2. The maximum Gasteiger partial charge on any atom is 0.328 e. The van der Waals surface area contributed by atoms with Gasteiger partial charge in [-0.15, -0.1) is 0 Å². The predicted octanol–water partition coefficient (Wildman–Crippen LogP) is 2.78. The molecule has 1 unspecified atom stereocenters. The number of amides is 1. The summed E-state index contributed by atoms with van der Waals surface area (Å²) in [5.41, 5.74) is 2.90. The summed E-state index contributed by atoms with van der Waals surface area (Å²) in [6.07, 6.45) is 2.70. The Hall–Kier alpha value is -3.49. The van der Waals surface area contributed by atoms with Crippen molar-refractivity contribution in [3.8, 4) is 0 Å². The van der Waals surface area contributed by atoms with E-state index < -0.39 is 17.9 Å². The highest BCUT2D eigenvalue weighted by Crippen LogP contribution is 2.21. The van der Waals surface area contributed by atoms with Crippen LogP contribution in [0.1, 0.15) is 40.3 Å². The van der Waals surface area contributed by atoms with Crippen LogP contribution < -0.4 is 5.32 Å². The molecule has 146 valence electrons. The highest BCUT2D eigenvalue weighted by Gasteiger charge is 2.19. The molecule has 0 radical (unpaired) electrons. The van der Waals surface area contributed by atoms with E-state index in [0.29, 0.717) is 17.9 Å². The van der Waals surface area contributed by atoms with Crippen molar-refractivity contribution in [2.45, 2.75) is 33.4 Å². The predicted molar refractivity (Wildman–Crippen MR) is 99.7 cm³/mol. The van der Waals surface area contributed by atoms with Crippen molar-refractivity contribution in [2.24, 2.45) is 0 Å². The number of aliphatic carboxylic acids is 1. The number of carboxylic acid groups (broad SMARTS) is 1. The molecule has 9 heteroatoms. The van der Waals surface area contributed by atoms with Gasteiger partial charge in [0.1, 0.15) is 11.9 Å². The third kappa shape index (κ3) is 3.93. The van der Waals surface area contributed by atoms with E-state index in [1.54, 1.807) is 23.7 Å². The van der Waals surface area contributed by atoms with Crippen molar-refractivity contribution >= 4 is 17.6 Å². The molecular formula is C19H20FN5O3. The minimum absolute atomic E-state index is 0.241. The highest BCUT2D eigenvalue weighted by molar-refractivity contribution is 6.04. The van der Waals surface area contributed by atoms with Gasteiger partial charge in [-0.05, 0) is 38.5 Å². The lowest BCUT2D eigenvalue weighted by molar-refractivity contribution is -0.140. The van der Waals surface area contributed by atoms with Crippen LogP contribution in [0, 0.1) is 19.7 Å². The van der Waals surface area contributed by atoms with Crippen molar-refractivity contribution in [1.82, 2.24) is 19.6 Å². The number of carboxylic acids is 1. The first kappa shape index (κ1) is 19.3. The number of aryl methyl sites for hydroxylation is 1. The van der Waals surface area contributed by atoms with Crippen molar-refractivity contribution in [3.63, 3.8) is 0 Å². The number of nitrogens with zero attached hydrogens (tertiary/aromatic N) is 4. The Balaban J connectivity index is 1.78. The normalized spacial score (nSPS) is 12.0.